The predicted molar refractivity (Wildman–Crippen MR) is 106 cm³/mol. The molecule has 0 aliphatic carbocycles. The van der Waals surface area contributed by atoms with Gasteiger partial charge >= 0.3 is 5.97 Å². The van der Waals surface area contributed by atoms with Crippen LogP contribution in [0.2, 0.25) is 0 Å². The summed E-state index contributed by atoms with van der Waals surface area (Å²) in [5.74, 6) is -0.117. The Morgan fingerprint density at radius 3 is 2.50 bits per heavy atom. The summed E-state index contributed by atoms with van der Waals surface area (Å²) in [5, 5.41) is 0.935. The fourth-order valence-electron chi connectivity index (χ4n) is 2.71. The first-order chi connectivity index (χ1) is 13.6. The lowest BCUT2D eigenvalue weighted by Gasteiger charge is -2.17. The molecule has 0 aliphatic rings. The number of nitrogens with zero attached hydrogens (tertiary/aromatic N) is 2. The van der Waals surface area contributed by atoms with Gasteiger partial charge in [-0.15, -0.1) is 0 Å². The number of fused-ring (bicyclic) bond motifs is 1. The van der Waals surface area contributed by atoms with Gasteiger partial charge in [0.2, 0.25) is 0 Å². The van der Waals surface area contributed by atoms with E-state index in [4.69, 9.17) is 9.47 Å². The second-order valence-corrected chi connectivity index (χ2v) is 6.29. The molecular formula is C22H22N2O4. The highest BCUT2D eigenvalue weighted by atomic mass is 16.5. The Morgan fingerprint density at radius 1 is 1.00 bits per heavy atom. The lowest BCUT2D eigenvalue weighted by atomic mass is 10.2. The average Bonchev–Trinajstić information content (AvgIpc) is 2.73. The minimum atomic E-state index is -0.617. The van der Waals surface area contributed by atoms with Crippen LogP contribution in [0.1, 0.15) is 23.0 Å². The third-order valence-electron chi connectivity index (χ3n) is 4.21. The minimum absolute atomic E-state index is 0.181. The Bertz CT molecular complexity index is 970. The van der Waals surface area contributed by atoms with Gasteiger partial charge in [-0.1, -0.05) is 36.4 Å². The van der Waals surface area contributed by atoms with Crippen LogP contribution >= 0.6 is 0 Å². The molecule has 0 saturated carbocycles. The summed E-state index contributed by atoms with van der Waals surface area (Å²) in [7, 11) is 1.67. The second-order valence-electron chi connectivity index (χ2n) is 6.29. The average molecular weight is 378 g/mol. The van der Waals surface area contributed by atoms with E-state index in [-0.39, 0.29) is 18.2 Å². The predicted octanol–water partition coefficient (Wildman–Crippen LogP) is 3.45. The first-order valence-electron chi connectivity index (χ1n) is 9.05. The summed E-state index contributed by atoms with van der Waals surface area (Å²) in [4.78, 5) is 30.3. The molecule has 3 rings (SSSR count). The molecular weight excluding hydrogens is 356 g/mol. The molecule has 0 atom stereocenters. The molecule has 6 heteroatoms. The lowest BCUT2D eigenvalue weighted by Crippen LogP contribution is -2.30. The molecule has 0 fully saturated rings. The van der Waals surface area contributed by atoms with Crippen LogP contribution in [0.3, 0.4) is 0 Å². The number of para-hydroxylation sites is 1. The van der Waals surface area contributed by atoms with Gasteiger partial charge < -0.3 is 14.4 Å². The molecule has 144 valence electrons. The minimum Gasteiger partial charge on any atom is -0.494 e. The third-order valence-corrected chi connectivity index (χ3v) is 4.21. The number of likely N-dealkylation sites (N-methyl/N-ethyl adjacent to an activating group) is 1. The molecule has 2 aromatic carbocycles. The summed E-state index contributed by atoms with van der Waals surface area (Å²) >= 11 is 0. The van der Waals surface area contributed by atoms with Crippen LogP contribution < -0.4 is 4.74 Å². The molecule has 0 N–H and O–H groups in total. The van der Waals surface area contributed by atoms with Crippen molar-refractivity contribution < 1.29 is 19.1 Å². The van der Waals surface area contributed by atoms with Crippen LogP contribution in [0, 0.1) is 0 Å². The molecule has 0 saturated heterocycles. The van der Waals surface area contributed by atoms with Crippen molar-refractivity contribution in [2.24, 2.45) is 0 Å². The summed E-state index contributed by atoms with van der Waals surface area (Å²) in [6, 6.07) is 18.4. The first kappa shape index (κ1) is 19.4. The molecule has 0 bridgehead atoms. The molecule has 0 unspecified atom stereocenters. The number of carbonyl (C=O) groups is 2. The Hall–Kier alpha value is -3.41. The number of rotatable bonds is 7. The van der Waals surface area contributed by atoms with E-state index in [9.17, 15) is 9.59 Å². The number of benzene rings is 2. The third kappa shape index (κ3) is 4.85. The number of hydrogen-bond donors (Lipinski definition) is 0. The number of hydrogen-bond acceptors (Lipinski definition) is 5. The SMILES string of the molecule is CCOc1ccc(CN(C)C(=O)COC(=O)c2ccc3ccccc3n2)cc1. The van der Waals surface area contributed by atoms with Crippen LogP contribution in [0.25, 0.3) is 10.9 Å². The maximum Gasteiger partial charge on any atom is 0.357 e. The van der Waals surface area contributed by atoms with Crippen molar-refractivity contribution in [1.82, 2.24) is 9.88 Å². The fourth-order valence-corrected chi connectivity index (χ4v) is 2.71. The molecule has 0 radical (unpaired) electrons. The second kappa shape index (κ2) is 8.99. The maximum absolute atomic E-state index is 12.3. The molecule has 28 heavy (non-hydrogen) atoms. The number of ether oxygens (including phenoxy) is 2. The number of esters is 1. The van der Waals surface area contributed by atoms with E-state index in [2.05, 4.69) is 4.98 Å². The zero-order chi connectivity index (χ0) is 19.9. The molecule has 0 spiro atoms. The van der Waals surface area contributed by atoms with Gasteiger partial charge in [0.25, 0.3) is 5.91 Å². The normalized spacial score (nSPS) is 10.5. The van der Waals surface area contributed by atoms with Crippen LogP contribution in [-0.2, 0) is 16.1 Å². The lowest BCUT2D eigenvalue weighted by molar-refractivity contribution is -0.133. The molecule has 1 heterocycles. The largest absolute Gasteiger partial charge is 0.494 e. The first-order valence-corrected chi connectivity index (χ1v) is 9.05. The van der Waals surface area contributed by atoms with Gasteiger partial charge in [0.15, 0.2) is 6.61 Å². The van der Waals surface area contributed by atoms with Gasteiger partial charge in [-0.05, 0) is 36.8 Å². The summed E-state index contributed by atoms with van der Waals surface area (Å²) in [6.07, 6.45) is 0. The number of aromatic nitrogens is 1. The molecule has 6 nitrogen and oxygen atoms in total. The Balaban J connectivity index is 1.53. The smallest absolute Gasteiger partial charge is 0.357 e. The number of amides is 1. The zero-order valence-electron chi connectivity index (χ0n) is 15.9. The fraction of sp³-hybridized carbons (Fsp3) is 0.227. The van der Waals surface area contributed by atoms with Gasteiger partial charge in [-0.2, -0.15) is 0 Å². The van der Waals surface area contributed by atoms with Crippen molar-refractivity contribution in [2.75, 3.05) is 20.3 Å². The summed E-state index contributed by atoms with van der Waals surface area (Å²) < 4.78 is 10.5. The Morgan fingerprint density at radius 2 is 1.75 bits per heavy atom. The zero-order valence-corrected chi connectivity index (χ0v) is 15.9. The van der Waals surface area contributed by atoms with Crippen molar-refractivity contribution in [3.05, 3.63) is 71.9 Å². The van der Waals surface area contributed by atoms with Crippen LogP contribution in [0.15, 0.2) is 60.7 Å². The van der Waals surface area contributed by atoms with Crippen molar-refractivity contribution >= 4 is 22.8 Å². The molecule has 3 aromatic rings. The van der Waals surface area contributed by atoms with E-state index in [0.29, 0.717) is 18.7 Å². The molecule has 1 amide bonds. The highest BCUT2D eigenvalue weighted by Gasteiger charge is 2.15. The Labute approximate surface area is 163 Å². The van der Waals surface area contributed by atoms with Crippen LogP contribution in [0.5, 0.6) is 5.75 Å². The van der Waals surface area contributed by atoms with Gasteiger partial charge in [0.1, 0.15) is 11.4 Å². The van der Waals surface area contributed by atoms with Gasteiger partial charge in [0, 0.05) is 19.0 Å². The van der Waals surface area contributed by atoms with Crippen molar-refractivity contribution in [3.8, 4) is 5.75 Å². The number of pyridine rings is 1. The molecule has 1 aromatic heterocycles. The van der Waals surface area contributed by atoms with E-state index in [1.807, 2.05) is 55.5 Å². The monoisotopic (exact) mass is 378 g/mol. The summed E-state index contributed by atoms with van der Waals surface area (Å²) in [6.45, 7) is 2.61. The Kier molecular flexibility index (Phi) is 6.22. The number of carbonyl (C=O) groups excluding carboxylic acids is 2. The summed E-state index contributed by atoms with van der Waals surface area (Å²) in [5.41, 5.74) is 1.85. The topological polar surface area (TPSA) is 68.7 Å². The van der Waals surface area contributed by atoms with E-state index in [1.165, 1.54) is 4.90 Å². The van der Waals surface area contributed by atoms with Crippen LogP contribution in [-0.4, -0.2) is 42.0 Å². The van der Waals surface area contributed by atoms with Gasteiger partial charge in [-0.3, -0.25) is 4.79 Å². The standard InChI is InChI=1S/C22H22N2O4/c1-3-27-18-11-8-16(9-12-18)14-24(2)21(25)15-28-22(26)20-13-10-17-6-4-5-7-19(17)23-20/h4-13H,3,14-15H2,1-2H3. The highest BCUT2D eigenvalue weighted by molar-refractivity contribution is 5.92. The van der Waals surface area contributed by atoms with E-state index >= 15 is 0 Å². The highest BCUT2D eigenvalue weighted by Crippen LogP contribution is 2.14. The van der Waals surface area contributed by atoms with Crippen molar-refractivity contribution in [2.45, 2.75) is 13.5 Å². The van der Waals surface area contributed by atoms with E-state index < -0.39 is 5.97 Å². The molecule has 0 aliphatic heterocycles. The quantitative estimate of drug-likeness (QED) is 0.589. The van der Waals surface area contributed by atoms with Gasteiger partial charge in [-0.25, -0.2) is 9.78 Å². The van der Waals surface area contributed by atoms with Crippen molar-refractivity contribution in [1.29, 1.82) is 0 Å². The van der Waals surface area contributed by atoms with E-state index in [1.54, 1.807) is 19.2 Å². The maximum atomic E-state index is 12.3. The van der Waals surface area contributed by atoms with Crippen LogP contribution in [0.4, 0.5) is 0 Å². The van der Waals surface area contributed by atoms with E-state index in [0.717, 1.165) is 16.7 Å². The van der Waals surface area contributed by atoms with Gasteiger partial charge in [0.05, 0.1) is 12.1 Å². The van der Waals surface area contributed by atoms with Crippen molar-refractivity contribution in [3.63, 3.8) is 0 Å².